The van der Waals surface area contributed by atoms with Crippen molar-refractivity contribution in [3.63, 3.8) is 0 Å². The zero-order valence-electron chi connectivity index (χ0n) is 23.5. The van der Waals surface area contributed by atoms with E-state index in [9.17, 15) is 9.90 Å². The lowest BCUT2D eigenvalue weighted by Crippen LogP contribution is -2.40. The standard InChI is InChI=1S/C29H44N6O3/c1-19(22-10-8-15-34(22)4)38-25-17-24(35-16-12-20(18-35)33(2)3)31-28(32-25)26(30)21-9-7-14-29(27(21)37)13-6-5-11-23(29)36/h17,19-20,22,30,37H,5-16,18H2,1-4H3/t19-,20+,22-,29+/m0/s1. The fraction of sp³-hybridized carbons (Fsp3) is 0.724. The second-order valence-electron chi connectivity index (χ2n) is 12.0. The number of nitrogens with zero attached hydrogens (tertiary/aromatic N) is 5. The number of rotatable bonds is 7. The maximum absolute atomic E-state index is 13.0. The molecule has 38 heavy (non-hydrogen) atoms. The molecule has 0 amide bonds. The van der Waals surface area contributed by atoms with Crippen LogP contribution < -0.4 is 9.64 Å². The largest absolute Gasteiger partial charge is 0.511 e. The molecule has 1 aromatic rings. The summed E-state index contributed by atoms with van der Waals surface area (Å²) in [5.41, 5.74) is -0.198. The molecule has 1 spiro atoms. The minimum atomic E-state index is -0.829. The van der Waals surface area contributed by atoms with E-state index in [1.807, 2.05) is 6.07 Å². The zero-order chi connectivity index (χ0) is 27.0. The third-order valence-corrected chi connectivity index (χ3v) is 9.42. The molecule has 3 heterocycles. The molecule has 0 aromatic carbocycles. The van der Waals surface area contributed by atoms with E-state index in [1.54, 1.807) is 0 Å². The molecule has 208 valence electrons. The van der Waals surface area contributed by atoms with Crippen molar-refractivity contribution >= 4 is 17.3 Å². The SMILES string of the molecule is C[C@H](Oc1cc(N2CC[C@@H](N(C)C)C2)nc(C(=N)C2=C(O)[C@]3(CCCCC3=O)CCC2)n1)[C@@H]1CCCN1C. The van der Waals surface area contributed by atoms with E-state index in [1.165, 1.54) is 0 Å². The molecule has 1 saturated carbocycles. The van der Waals surface area contributed by atoms with E-state index in [0.29, 0.717) is 49.2 Å². The summed E-state index contributed by atoms with van der Waals surface area (Å²) in [5.74, 6) is 1.69. The Hall–Kier alpha value is -2.52. The molecule has 0 bridgehead atoms. The lowest BCUT2D eigenvalue weighted by molar-refractivity contribution is -0.131. The number of Topliss-reactive ketones (excluding diaryl/α,β-unsaturated/α-hetero) is 1. The minimum Gasteiger partial charge on any atom is -0.511 e. The number of hydrogen-bond donors (Lipinski definition) is 2. The quantitative estimate of drug-likeness (QED) is 0.516. The highest BCUT2D eigenvalue weighted by atomic mass is 16.5. The third-order valence-electron chi connectivity index (χ3n) is 9.42. The molecular weight excluding hydrogens is 480 g/mol. The highest BCUT2D eigenvalue weighted by Gasteiger charge is 2.47. The van der Waals surface area contributed by atoms with Gasteiger partial charge in [-0.05, 0) is 86.0 Å². The Bertz CT molecular complexity index is 1100. The molecule has 2 aliphatic carbocycles. The lowest BCUT2D eigenvalue weighted by atomic mass is 9.64. The molecule has 5 rings (SSSR count). The first-order chi connectivity index (χ1) is 18.2. The van der Waals surface area contributed by atoms with Gasteiger partial charge in [0.1, 0.15) is 29.2 Å². The van der Waals surface area contributed by atoms with Crippen molar-refractivity contribution < 1.29 is 14.6 Å². The van der Waals surface area contributed by atoms with Crippen molar-refractivity contribution in [3.05, 3.63) is 23.2 Å². The molecule has 0 unspecified atom stereocenters. The van der Waals surface area contributed by atoms with E-state index >= 15 is 0 Å². The summed E-state index contributed by atoms with van der Waals surface area (Å²) in [5, 5.41) is 20.6. The van der Waals surface area contributed by atoms with Gasteiger partial charge in [0, 0.05) is 43.2 Å². The average Bonchev–Trinajstić information content (AvgIpc) is 3.56. The Balaban J connectivity index is 1.48. The molecule has 3 fully saturated rings. The van der Waals surface area contributed by atoms with Crippen molar-refractivity contribution in [2.45, 2.75) is 89.3 Å². The molecule has 2 N–H and O–H groups in total. The second kappa shape index (κ2) is 10.9. The van der Waals surface area contributed by atoms with Gasteiger partial charge in [-0.15, -0.1) is 0 Å². The second-order valence-corrected chi connectivity index (χ2v) is 12.0. The predicted octanol–water partition coefficient (Wildman–Crippen LogP) is 3.97. The maximum Gasteiger partial charge on any atom is 0.219 e. The molecule has 0 radical (unpaired) electrons. The van der Waals surface area contributed by atoms with Crippen LogP contribution in [0.3, 0.4) is 0 Å². The Morgan fingerprint density at radius 3 is 2.63 bits per heavy atom. The first-order valence-corrected chi connectivity index (χ1v) is 14.4. The van der Waals surface area contributed by atoms with Crippen LogP contribution in [0, 0.1) is 10.8 Å². The number of ether oxygens (including phenoxy) is 1. The Morgan fingerprint density at radius 1 is 1.16 bits per heavy atom. The lowest BCUT2D eigenvalue weighted by Gasteiger charge is -2.39. The van der Waals surface area contributed by atoms with Crippen molar-refractivity contribution in [2.24, 2.45) is 5.41 Å². The number of likely N-dealkylation sites (N-methyl/N-ethyl adjacent to an activating group) is 2. The summed E-state index contributed by atoms with van der Waals surface area (Å²) in [6.45, 7) is 4.88. The number of ketones is 1. The van der Waals surface area contributed by atoms with Gasteiger partial charge in [-0.1, -0.05) is 6.42 Å². The van der Waals surface area contributed by atoms with Crippen LogP contribution in [0.5, 0.6) is 5.88 Å². The first-order valence-electron chi connectivity index (χ1n) is 14.4. The summed E-state index contributed by atoms with van der Waals surface area (Å²) < 4.78 is 6.42. The first kappa shape index (κ1) is 27.1. The van der Waals surface area contributed by atoms with Gasteiger partial charge in [0.05, 0.1) is 5.41 Å². The number of aliphatic hydroxyl groups is 1. The number of anilines is 1. The molecule has 9 nitrogen and oxygen atoms in total. The van der Waals surface area contributed by atoms with E-state index in [4.69, 9.17) is 20.1 Å². The number of aromatic nitrogens is 2. The van der Waals surface area contributed by atoms with Crippen LogP contribution in [0.4, 0.5) is 5.82 Å². The van der Waals surface area contributed by atoms with Crippen molar-refractivity contribution in [1.82, 2.24) is 19.8 Å². The van der Waals surface area contributed by atoms with Gasteiger partial charge >= 0.3 is 0 Å². The van der Waals surface area contributed by atoms with E-state index < -0.39 is 5.41 Å². The van der Waals surface area contributed by atoms with Gasteiger partial charge in [0.15, 0.2) is 5.82 Å². The number of carbonyl (C=O) groups is 1. The van der Waals surface area contributed by atoms with E-state index in [2.05, 4.69) is 42.8 Å². The van der Waals surface area contributed by atoms with Crippen LogP contribution in [0.1, 0.15) is 77.0 Å². The van der Waals surface area contributed by atoms with Crippen molar-refractivity contribution in [2.75, 3.05) is 45.7 Å². The fourth-order valence-corrected chi connectivity index (χ4v) is 6.99. The van der Waals surface area contributed by atoms with E-state index in [-0.39, 0.29) is 29.2 Å². The predicted molar refractivity (Wildman–Crippen MR) is 148 cm³/mol. The number of likely N-dealkylation sites (tertiary alicyclic amines) is 1. The monoisotopic (exact) mass is 524 g/mol. The van der Waals surface area contributed by atoms with Crippen LogP contribution >= 0.6 is 0 Å². The van der Waals surface area contributed by atoms with Gasteiger partial charge in [-0.2, -0.15) is 4.98 Å². The molecule has 1 aromatic heterocycles. The van der Waals surface area contributed by atoms with Crippen molar-refractivity contribution in [3.8, 4) is 5.88 Å². The molecule has 2 saturated heterocycles. The highest BCUT2D eigenvalue weighted by molar-refractivity contribution is 6.09. The van der Waals surface area contributed by atoms with Crippen LogP contribution in [0.25, 0.3) is 0 Å². The summed E-state index contributed by atoms with van der Waals surface area (Å²) >= 11 is 0. The summed E-state index contributed by atoms with van der Waals surface area (Å²) in [4.78, 5) is 29.4. The summed E-state index contributed by atoms with van der Waals surface area (Å²) in [6.07, 6.45) is 8.21. The maximum atomic E-state index is 13.0. The summed E-state index contributed by atoms with van der Waals surface area (Å²) in [7, 11) is 6.34. The Morgan fingerprint density at radius 2 is 1.95 bits per heavy atom. The molecule has 4 atom stereocenters. The third kappa shape index (κ3) is 5.07. The van der Waals surface area contributed by atoms with Crippen LogP contribution in [0.2, 0.25) is 0 Å². The minimum absolute atomic E-state index is 0.0502. The smallest absolute Gasteiger partial charge is 0.219 e. The topological polar surface area (TPSA) is 106 Å². The van der Waals surface area contributed by atoms with Gasteiger partial charge in [0.25, 0.3) is 0 Å². The fourth-order valence-electron chi connectivity index (χ4n) is 6.99. The number of hydrogen-bond acceptors (Lipinski definition) is 9. The number of carbonyl (C=O) groups excluding carboxylic acids is 1. The normalized spacial score (nSPS) is 29.5. The average molecular weight is 525 g/mol. The zero-order valence-corrected chi connectivity index (χ0v) is 23.5. The summed E-state index contributed by atoms with van der Waals surface area (Å²) in [6, 6.07) is 2.66. The van der Waals surface area contributed by atoms with Gasteiger partial charge in [-0.3, -0.25) is 15.1 Å². The number of nitrogens with one attached hydrogen (secondary N) is 1. The molecular formula is C29H44N6O3. The Labute approximate surface area is 226 Å². The molecule has 9 heteroatoms. The number of allylic oxidation sites excluding steroid dienone is 2. The van der Waals surface area contributed by atoms with Crippen LogP contribution in [-0.2, 0) is 4.79 Å². The Kier molecular flexibility index (Phi) is 7.78. The molecule has 4 aliphatic rings. The van der Waals surface area contributed by atoms with E-state index in [0.717, 1.165) is 64.0 Å². The highest BCUT2D eigenvalue weighted by Crippen LogP contribution is 2.48. The molecule has 2 aliphatic heterocycles. The van der Waals surface area contributed by atoms with Gasteiger partial charge in [0.2, 0.25) is 5.88 Å². The number of aliphatic hydroxyl groups excluding tert-OH is 1. The van der Waals surface area contributed by atoms with Crippen LogP contribution in [-0.4, -0.2) is 95.3 Å². The van der Waals surface area contributed by atoms with Gasteiger partial charge < -0.3 is 19.6 Å². The van der Waals surface area contributed by atoms with Gasteiger partial charge in [-0.25, -0.2) is 4.98 Å². The van der Waals surface area contributed by atoms with Crippen molar-refractivity contribution in [1.29, 1.82) is 5.41 Å². The van der Waals surface area contributed by atoms with Crippen LogP contribution in [0.15, 0.2) is 17.4 Å².